The summed E-state index contributed by atoms with van der Waals surface area (Å²) < 4.78 is 10.7. The molecule has 1 unspecified atom stereocenters. The first-order valence-electron chi connectivity index (χ1n) is 5.94. The minimum Gasteiger partial charge on any atom is -0.376 e. The van der Waals surface area contributed by atoms with E-state index in [4.69, 9.17) is 9.47 Å². The molecule has 2 rings (SSSR count). The third kappa shape index (κ3) is 3.48. The zero-order valence-electron chi connectivity index (χ0n) is 10.3. The molecule has 1 aliphatic heterocycles. The Kier molecular flexibility index (Phi) is 4.63. The zero-order chi connectivity index (χ0) is 13.0. The van der Waals surface area contributed by atoms with Gasteiger partial charge < -0.3 is 14.8 Å². The highest BCUT2D eigenvalue weighted by Crippen LogP contribution is 2.14. The van der Waals surface area contributed by atoms with E-state index < -0.39 is 0 Å². The van der Waals surface area contributed by atoms with Crippen LogP contribution in [0.1, 0.15) is 15.9 Å². The van der Waals surface area contributed by atoms with Crippen molar-refractivity contribution in [3.05, 3.63) is 29.3 Å². The molecule has 4 nitrogen and oxygen atoms in total. The van der Waals surface area contributed by atoms with Crippen LogP contribution in [-0.2, 0) is 9.47 Å². The van der Waals surface area contributed by atoms with Crippen LogP contribution in [0.15, 0.2) is 23.1 Å². The number of aryl methyl sites for hydroxylation is 1. The van der Waals surface area contributed by atoms with Gasteiger partial charge >= 0.3 is 0 Å². The van der Waals surface area contributed by atoms with Gasteiger partial charge in [-0.05, 0) is 24.6 Å². The summed E-state index contributed by atoms with van der Waals surface area (Å²) in [6.45, 7) is 4.13. The van der Waals surface area contributed by atoms with Crippen LogP contribution in [0, 0.1) is 6.92 Å². The van der Waals surface area contributed by atoms with Gasteiger partial charge in [-0.1, -0.05) is 6.07 Å². The van der Waals surface area contributed by atoms with E-state index in [0.29, 0.717) is 31.9 Å². The Morgan fingerprint density at radius 2 is 2.33 bits per heavy atom. The molecule has 0 aliphatic carbocycles. The number of hydrogen-bond donors (Lipinski definition) is 2. The van der Waals surface area contributed by atoms with Crippen LogP contribution in [0.25, 0.3) is 0 Å². The van der Waals surface area contributed by atoms with Crippen molar-refractivity contribution in [2.75, 3.05) is 26.4 Å². The summed E-state index contributed by atoms with van der Waals surface area (Å²) in [6, 6.07) is 5.52. The standard InChI is InChI=1S/C13H17NO3S/c1-9-2-3-11(18)6-12(9)13(15)14-7-10-8-16-4-5-17-10/h2-3,6,10,18H,4-5,7-8H2,1H3,(H,14,15). The van der Waals surface area contributed by atoms with Gasteiger partial charge in [0.05, 0.1) is 25.9 Å². The quantitative estimate of drug-likeness (QED) is 0.815. The van der Waals surface area contributed by atoms with Crippen molar-refractivity contribution in [2.45, 2.75) is 17.9 Å². The smallest absolute Gasteiger partial charge is 0.251 e. The number of carbonyl (C=O) groups excluding carboxylic acids is 1. The summed E-state index contributed by atoms with van der Waals surface area (Å²) in [5.74, 6) is -0.0995. The van der Waals surface area contributed by atoms with Gasteiger partial charge in [0.2, 0.25) is 0 Å². The van der Waals surface area contributed by atoms with Gasteiger partial charge in [-0.25, -0.2) is 0 Å². The minimum atomic E-state index is -0.0995. The molecule has 18 heavy (non-hydrogen) atoms. The first-order chi connectivity index (χ1) is 8.66. The predicted molar refractivity (Wildman–Crippen MR) is 71.3 cm³/mol. The fourth-order valence-corrected chi connectivity index (χ4v) is 2.01. The average Bonchev–Trinajstić information content (AvgIpc) is 2.40. The van der Waals surface area contributed by atoms with Gasteiger partial charge in [-0.3, -0.25) is 4.79 Å². The van der Waals surface area contributed by atoms with Crippen LogP contribution < -0.4 is 5.32 Å². The molecule has 1 fully saturated rings. The number of rotatable bonds is 3. The second-order valence-corrected chi connectivity index (χ2v) is 4.79. The lowest BCUT2D eigenvalue weighted by atomic mass is 10.1. The van der Waals surface area contributed by atoms with Crippen molar-refractivity contribution < 1.29 is 14.3 Å². The lowest BCUT2D eigenvalue weighted by Crippen LogP contribution is -2.39. The zero-order valence-corrected chi connectivity index (χ0v) is 11.2. The van der Waals surface area contributed by atoms with E-state index >= 15 is 0 Å². The Morgan fingerprint density at radius 3 is 3.06 bits per heavy atom. The molecule has 0 saturated carbocycles. The summed E-state index contributed by atoms with van der Waals surface area (Å²) in [5.41, 5.74) is 1.59. The van der Waals surface area contributed by atoms with E-state index in [2.05, 4.69) is 17.9 Å². The topological polar surface area (TPSA) is 47.6 Å². The van der Waals surface area contributed by atoms with Gasteiger partial charge in [-0.2, -0.15) is 0 Å². The lowest BCUT2D eigenvalue weighted by Gasteiger charge is -2.23. The Balaban J connectivity index is 1.92. The normalized spacial score (nSPS) is 19.6. The largest absolute Gasteiger partial charge is 0.376 e. The maximum atomic E-state index is 12.0. The Morgan fingerprint density at radius 1 is 1.50 bits per heavy atom. The highest BCUT2D eigenvalue weighted by molar-refractivity contribution is 7.80. The van der Waals surface area contributed by atoms with Gasteiger partial charge in [0, 0.05) is 17.0 Å². The van der Waals surface area contributed by atoms with Gasteiger partial charge in [0.25, 0.3) is 5.91 Å². The predicted octanol–water partition coefficient (Wildman–Crippen LogP) is 1.43. The molecule has 0 aromatic heterocycles. The molecule has 1 amide bonds. The molecule has 98 valence electrons. The highest BCUT2D eigenvalue weighted by atomic mass is 32.1. The molecule has 1 N–H and O–H groups in total. The fourth-order valence-electron chi connectivity index (χ4n) is 1.81. The van der Waals surface area contributed by atoms with Crippen LogP contribution >= 0.6 is 12.6 Å². The van der Waals surface area contributed by atoms with Crippen molar-refractivity contribution in [2.24, 2.45) is 0 Å². The molecule has 1 aromatic carbocycles. The van der Waals surface area contributed by atoms with E-state index in [9.17, 15) is 4.79 Å². The van der Waals surface area contributed by atoms with Crippen LogP contribution in [0.3, 0.4) is 0 Å². The minimum absolute atomic E-state index is 0.0535. The number of amides is 1. The number of carbonyl (C=O) groups is 1. The summed E-state index contributed by atoms with van der Waals surface area (Å²) in [5, 5.41) is 2.86. The van der Waals surface area contributed by atoms with Crippen LogP contribution in [0.5, 0.6) is 0 Å². The van der Waals surface area contributed by atoms with Crippen molar-refractivity contribution >= 4 is 18.5 Å². The number of benzene rings is 1. The maximum Gasteiger partial charge on any atom is 0.251 e. The number of thiol groups is 1. The Labute approximate surface area is 112 Å². The van der Waals surface area contributed by atoms with E-state index in [1.165, 1.54) is 0 Å². The van der Waals surface area contributed by atoms with Crippen LogP contribution in [0.4, 0.5) is 0 Å². The van der Waals surface area contributed by atoms with E-state index in [1.54, 1.807) is 6.07 Å². The van der Waals surface area contributed by atoms with E-state index in [1.807, 2.05) is 19.1 Å². The molecule has 0 bridgehead atoms. The first kappa shape index (κ1) is 13.4. The number of nitrogens with one attached hydrogen (secondary N) is 1. The van der Waals surface area contributed by atoms with E-state index in [-0.39, 0.29) is 12.0 Å². The average molecular weight is 267 g/mol. The maximum absolute atomic E-state index is 12.0. The SMILES string of the molecule is Cc1ccc(S)cc1C(=O)NCC1COCCO1. The molecular formula is C13H17NO3S. The number of ether oxygens (including phenoxy) is 2. The number of hydrogen-bond acceptors (Lipinski definition) is 4. The van der Waals surface area contributed by atoms with Crippen LogP contribution in [0.2, 0.25) is 0 Å². The molecule has 1 saturated heterocycles. The molecule has 1 aliphatic rings. The molecule has 5 heteroatoms. The van der Waals surface area contributed by atoms with Crippen molar-refractivity contribution in [1.82, 2.24) is 5.32 Å². The third-order valence-corrected chi connectivity index (χ3v) is 3.12. The molecule has 0 spiro atoms. The molecule has 1 heterocycles. The first-order valence-corrected chi connectivity index (χ1v) is 6.38. The Hall–Kier alpha value is -1.04. The van der Waals surface area contributed by atoms with Gasteiger partial charge in [0.15, 0.2) is 0 Å². The highest BCUT2D eigenvalue weighted by Gasteiger charge is 2.16. The van der Waals surface area contributed by atoms with E-state index in [0.717, 1.165) is 10.5 Å². The lowest BCUT2D eigenvalue weighted by molar-refractivity contribution is -0.0855. The summed E-state index contributed by atoms with van der Waals surface area (Å²) >= 11 is 4.24. The molecule has 0 radical (unpaired) electrons. The second-order valence-electron chi connectivity index (χ2n) is 4.28. The van der Waals surface area contributed by atoms with Crippen molar-refractivity contribution in [3.8, 4) is 0 Å². The third-order valence-electron chi connectivity index (χ3n) is 2.84. The summed E-state index contributed by atoms with van der Waals surface area (Å²) in [7, 11) is 0. The second kappa shape index (κ2) is 6.22. The fraction of sp³-hybridized carbons (Fsp3) is 0.462. The van der Waals surface area contributed by atoms with Gasteiger partial charge in [-0.15, -0.1) is 12.6 Å². The monoisotopic (exact) mass is 267 g/mol. The van der Waals surface area contributed by atoms with Crippen molar-refractivity contribution in [1.29, 1.82) is 0 Å². The van der Waals surface area contributed by atoms with Gasteiger partial charge in [0.1, 0.15) is 0 Å². The molecule has 1 aromatic rings. The van der Waals surface area contributed by atoms with Crippen LogP contribution in [-0.4, -0.2) is 38.4 Å². The van der Waals surface area contributed by atoms with Crippen molar-refractivity contribution in [3.63, 3.8) is 0 Å². The molecule has 1 atom stereocenters. The summed E-state index contributed by atoms with van der Waals surface area (Å²) in [4.78, 5) is 12.8. The molecular weight excluding hydrogens is 250 g/mol. The summed E-state index contributed by atoms with van der Waals surface area (Å²) in [6.07, 6.45) is -0.0535. The Bertz CT molecular complexity index is 430.